The van der Waals surface area contributed by atoms with Gasteiger partial charge in [0.2, 0.25) is 0 Å². The molecule has 0 aromatic heterocycles. The van der Waals surface area contributed by atoms with Crippen molar-refractivity contribution in [2.24, 2.45) is 0 Å². The Morgan fingerprint density at radius 3 is 2.06 bits per heavy atom. The normalized spacial score (nSPS) is 10.2. The fourth-order valence-electron chi connectivity index (χ4n) is 3.00. The topological polar surface area (TPSA) is 71.6 Å². The monoisotopic (exact) mass is 449 g/mol. The van der Waals surface area contributed by atoms with Gasteiger partial charge < -0.3 is 25.4 Å². The smallest absolute Gasteiger partial charge is 0.255 e. The molecular weight excluding hydrogens is 422 g/mol. The van der Waals surface area contributed by atoms with Crippen molar-refractivity contribution in [2.75, 3.05) is 30.9 Å². The average Bonchev–Trinajstić information content (AvgIpc) is 2.81. The van der Waals surface area contributed by atoms with Crippen LogP contribution in [0.15, 0.2) is 72.8 Å². The first-order chi connectivity index (χ1) is 15.6. The minimum Gasteiger partial charge on any atom is -0.497 e. The number of thiocarbonyl (C=S) groups is 1. The van der Waals surface area contributed by atoms with Gasteiger partial charge in [-0.1, -0.05) is 12.1 Å². The predicted octanol–water partition coefficient (Wildman–Crippen LogP) is 4.88. The van der Waals surface area contributed by atoms with Crippen LogP contribution in [-0.2, 0) is 6.42 Å². The van der Waals surface area contributed by atoms with Gasteiger partial charge in [-0.2, -0.15) is 0 Å². The van der Waals surface area contributed by atoms with Crippen LogP contribution in [0.1, 0.15) is 22.8 Å². The molecule has 0 saturated carbocycles. The van der Waals surface area contributed by atoms with Gasteiger partial charge in [0.05, 0.1) is 13.7 Å². The van der Waals surface area contributed by atoms with Crippen LogP contribution in [0.25, 0.3) is 0 Å². The van der Waals surface area contributed by atoms with E-state index in [1.165, 1.54) is 5.56 Å². The van der Waals surface area contributed by atoms with Crippen LogP contribution in [-0.4, -0.2) is 31.3 Å². The summed E-state index contributed by atoms with van der Waals surface area (Å²) in [6, 6.07) is 22.4. The molecule has 3 aromatic rings. The molecule has 0 saturated heterocycles. The van der Waals surface area contributed by atoms with E-state index in [-0.39, 0.29) is 5.91 Å². The molecule has 0 aliphatic carbocycles. The molecule has 0 bridgehead atoms. The van der Waals surface area contributed by atoms with E-state index in [0.29, 0.717) is 29.5 Å². The Balaban J connectivity index is 1.44. The molecule has 1 amide bonds. The van der Waals surface area contributed by atoms with Crippen molar-refractivity contribution in [1.82, 2.24) is 5.32 Å². The summed E-state index contributed by atoms with van der Waals surface area (Å²) in [6.45, 7) is 3.24. The van der Waals surface area contributed by atoms with Gasteiger partial charge in [0, 0.05) is 23.5 Å². The molecule has 0 heterocycles. The van der Waals surface area contributed by atoms with Crippen LogP contribution in [0.4, 0.5) is 11.4 Å². The first kappa shape index (κ1) is 23.1. The Morgan fingerprint density at radius 2 is 1.44 bits per heavy atom. The number of carbonyl (C=O) groups is 1. The molecule has 0 spiro atoms. The van der Waals surface area contributed by atoms with Crippen molar-refractivity contribution in [2.45, 2.75) is 13.3 Å². The van der Waals surface area contributed by atoms with Crippen molar-refractivity contribution in [3.8, 4) is 11.5 Å². The first-order valence-corrected chi connectivity index (χ1v) is 10.8. The molecule has 0 fully saturated rings. The zero-order valence-corrected chi connectivity index (χ0v) is 19.0. The highest BCUT2D eigenvalue weighted by molar-refractivity contribution is 7.80. The minimum atomic E-state index is -0.180. The lowest BCUT2D eigenvalue weighted by Gasteiger charge is -2.11. The fraction of sp³-hybridized carbons (Fsp3) is 0.200. The average molecular weight is 450 g/mol. The fourth-order valence-corrected chi connectivity index (χ4v) is 3.22. The number of amides is 1. The van der Waals surface area contributed by atoms with E-state index in [1.54, 1.807) is 19.2 Å². The highest BCUT2D eigenvalue weighted by Crippen LogP contribution is 2.17. The number of nitrogens with one attached hydrogen (secondary N) is 3. The summed E-state index contributed by atoms with van der Waals surface area (Å²) in [5.74, 6) is 1.44. The number of hydrogen-bond acceptors (Lipinski definition) is 4. The van der Waals surface area contributed by atoms with Crippen molar-refractivity contribution in [1.29, 1.82) is 0 Å². The van der Waals surface area contributed by atoms with Crippen molar-refractivity contribution >= 4 is 34.6 Å². The van der Waals surface area contributed by atoms with Crippen LogP contribution < -0.4 is 25.4 Å². The summed E-state index contributed by atoms with van der Waals surface area (Å²) in [5, 5.41) is 9.74. The van der Waals surface area contributed by atoms with Crippen molar-refractivity contribution in [3.05, 3.63) is 83.9 Å². The zero-order valence-electron chi connectivity index (χ0n) is 18.2. The van der Waals surface area contributed by atoms with Crippen LogP contribution in [0, 0.1) is 0 Å². The predicted molar refractivity (Wildman–Crippen MR) is 133 cm³/mol. The second-order valence-corrected chi connectivity index (χ2v) is 7.38. The molecule has 0 aliphatic heterocycles. The molecule has 32 heavy (non-hydrogen) atoms. The highest BCUT2D eigenvalue weighted by atomic mass is 32.1. The van der Waals surface area contributed by atoms with Gasteiger partial charge in [-0.3, -0.25) is 4.79 Å². The molecule has 0 atom stereocenters. The first-order valence-electron chi connectivity index (χ1n) is 10.4. The standard InChI is InChI=1S/C25H27N3O3S/c1-3-31-23-14-10-20(11-15-23)27-24(29)19-6-8-21(9-7-19)28-25(32)26-17-16-18-4-12-22(30-2)13-5-18/h4-15H,3,16-17H2,1-2H3,(H,27,29)(H2,26,28,32). The number of methoxy groups -OCH3 is 1. The van der Waals surface area contributed by atoms with Crippen LogP contribution in [0.2, 0.25) is 0 Å². The van der Waals surface area contributed by atoms with E-state index in [9.17, 15) is 4.79 Å². The largest absolute Gasteiger partial charge is 0.497 e. The molecular formula is C25H27N3O3S. The third kappa shape index (κ3) is 6.99. The lowest BCUT2D eigenvalue weighted by Crippen LogP contribution is -2.30. The summed E-state index contributed by atoms with van der Waals surface area (Å²) < 4.78 is 10.6. The van der Waals surface area contributed by atoms with Crippen molar-refractivity contribution < 1.29 is 14.3 Å². The maximum absolute atomic E-state index is 12.5. The van der Waals surface area contributed by atoms with Gasteiger partial charge >= 0.3 is 0 Å². The van der Waals surface area contributed by atoms with Gasteiger partial charge in [-0.25, -0.2) is 0 Å². The summed E-state index contributed by atoms with van der Waals surface area (Å²) in [6.07, 6.45) is 0.844. The Morgan fingerprint density at radius 1 is 0.844 bits per heavy atom. The number of benzene rings is 3. The lowest BCUT2D eigenvalue weighted by atomic mass is 10.1. The number of ether oxygens (including phenoxy) is 2. The number of rotatable bonds is 9. The quantitative estimate of drug-likeness (QED) is 0.405. The summed E-state index contributed by atoms with van der Waals surface area (Å²) in [7, 11) is 1.65. The van der Waals surface area contributed by atoms with Gasteiger partial charge in [-0.15, -0.1) is 0 Å². The molecule has 0 unspecified atom stereocenters. The van der Waals surface area contributed by atoms with E-state index in [1.807, 2.05) is 67.6 Å². The van der Waals surface area contributed by atoms with E-state index < -0.39 is 0 Å². The van der Waals surface area contributed by atoms with E-state index in [0.717, 1.165) is 23.6 Å². The molecule has 6 nitrogen and oxygen atoms in total. The molecule has 166 valence electrons. The molecule has 0 radical (unpaired) electrons. The summed E-state index contributed by atoms with van der Waals surface area (Å²) in [4.78, 5) is 12.5. The number of anilines is 2. The second-order valence-electron chi connectivity index (χ2n) is 6.97. The highest BCUT2D eigenvalue weighted by Gasteiger charge is 2.07. The maximum atomic E-state index is 12.5. The van der Waals surface area contributed by atoms with Gasteiger partial charge in [0.15, 0.2) is 5.11 Å². The zero-order chi connectivity index (χ0) is 22.8. The maximum Gasteiger partial charge on any atom is 0.255 e. The summed E-state index contributed by atoms with van der Waals surface area (Å²) >= 11 is 5.36. The number of hydrogen-bond donors (Lipinski definition) is 3. The molecule has 3 rings (SSSR count). The second kappa shape index (κ2) is 11.7. The Labute approximate surface area is 193 Å². The van der Waals surface area contributed by atoms with Crippen LogP contribution in [0.5, 0.6) is 11.5 Å². The van der Waals surface area contributed by atoms with Gasteiger partial charge in [0.1, 0.15) is 11.5 Å². The van der Waals surface area contributed by atoms with Gasteiger partial charge in [0.25, 0.3) is 5.91 Å². The van der Waals surface area contributed by atoms with Crippen molar-refractivity contribution in [3.63, 3.8) is 0 Å². The Kier molecular flexibility index (Phi) is 8.45. The van der Waals surface area contributed by atoms with Gasteiger partial charge in [-0.05, 0) is 91.8 Å². The SMILES string of the molecule is CCOc1ccc(NC(=O)c2ccc(NC(=S)NCCc3ccc(OC)cc3)cc2)cc1. The Bertz CT molecular complexity index is 1020. The summed E-state index contributed by atoms with van der Waals surface area (Å²) in [5.41, 5.74) is 3.28. The minimum absolute atomic E-state index is 0.180. The molecule has 3 aromatic carbocycles. The lowest BCUT2D eigenvalue weighted by molar-refractivity contribution is 0.102. The third-order valence-corrected chi connectivity index (χ3v) is 4.93. The van der Waals surface area contributed by atoms with E-state index in [4.69, 9.17) is 21.7 Å². The van der Waals surface area contributed by atoms with Crippen LogP contribution in [0.3, 0.4) is 0 Å². The molecule has 3 N–H and O–H groups in total. The number of carbonyl (C=O) groups excluding carboxylic acids is 1. The van der Waals surface area contributed by atoms with E-state index in [2.05, 4.69) is 16.0 Å². The third-order valence-electron chi connectivity index (χ3n) is 4.69. The Hall–Kier alpha value is -3.58. The molecule has 7 heteroatoms. The molecule has 0 aliphatic rings. The van der Waals surface area contributed by atoms with Crippen LogP contribution >= 0.6 is 12.2 Å². The van der Waals surface area contributed by atoms with E-state index >= 15 is 0 Å².